The Morgan fingerprint density at radius 3 is 2.74 bits per heavy atom. The number of halogens is 2. The van der Waals surface area contributed by atoms with Crippen molar-refractivity contribution in [3.63, 3.8) is 0 Å². The smallest absolute Gasteiger partial charge is 0.224 e. The van der Waals surface area contributed by atoms with Crippen LogP contribution >= 0.6 is 12.4 Å². The molecule has 2 N–H and O–H groups in total. The third-order valence-electron chi connectivity index (χ3n) is 3.40. The van der Waals surface area contributed by atoms with Crippen molar-refractivity contribution in [3.8, 4) is 0 Å². The van der Waals surface area contributed by atoms with E-state index in [0.717, 1.165) is 31.5 Å². The van der Waals surface area contributed by atoms with Crippen LogP contribution in [0.1, 0.15) is 24.8 Å². The number of nitrogens with one attached hydrogen (secondary N) is 2. The molecule has 5 heteroatoms. The first-order valence-corrected chi connectivity index (χ1v) is 6.42. The summed E-state index contributed by atoms with van der Waals surface area (Å²) in [7, 11) is 0. The van der Waals surface area contributed by atoms with Crippen LogP contribution < -0.4 is 10.6 Å². The predicted molar refractivity (Wildman–Crippen MR) is 77.2 cm³/mol. The SMILES string of the molecule is Cc1cc(F)ccc1NC(=O)CC1CCNCC1.Cl. The number of rotatable bonds is 3. The van der Waals surface area contributed by atoms with Crippen LogP contribution in [0.3, 0.4) is 0 Å². The fraction of sp³-hybridized carbons (Fsp3) is 0.500. The lowest BCUT2D eigenvalue weighted by atomic mass is 9.94. The summed E-state index contributed by atoms with van der Waals surface area (Å²) in [6.45, 7) is 3.78. The normalized spacial score (nSPS) is 15.7. The Morgan fingerprint density at radius 1 is 1.42 bits per heavy atom. The number of anilines is 1. The Labute approximate surface area is 119 Å². The molecule has 0 radical (unpaired) electrons. The molecule has 2 rings (SSSR count). The molecule has 3 nitrogen and oxygen atoms in total. The van der Waals surface area contributed by atoms with Gasteiger partial charge in [0.2, 0.25) is 5.91 Å². The Bertz CT molecular complexity index is 433. The summed E-state index contributed by atoms with van der Waals surface area (Å²) in [5.41, 5.74) is 1.46. The minimum atomic E-state index is -0.274. The second kappa shape index (κ2) is 7.46. The average Bonchev–Trinajstić information content (AvgIpc) is 2.34. The molecule has 1 saturated heterocycles. The van der Waals surface area contributed by atoms with E-state index in [1.165, 1.54) is 12.1 Å². The number of piperidine rings is 1. The van der Waals surface area contributed by atoms with Gasteiger partial charge in [-0.25, -0.2) is 4.39 Å². The van der Waals surface area contributed by atoms with Crippen molar-refractivity contribution in [1.82, 2.24) is 5.32 Å². The molecule has 1 heterocycles. The molecule has 0 aliphatic carbocycles. The Hall–Kier alpha value is -1.13. The molecule has 1 aromatic rings. The van der Waals surface area contributed by atoms with E-state index in [4.69, 9.17) is 0 Å². The summed E-state index contributed by atoms with van der Waals surface area (Å²) in [6, 6.07) is 4.41. The van der Waals surface area contributed by atoms with Gasteiger partial charge in [-0.3, -0.25) is 4.79 Å². The second-order valence-electron chi connectivity index (χ2n) is 4.90. The number of hydrogen-bond acceptors (Lipinski definition) is 2. The highest BCUT2D eigenvalue weighted by molar-refractivity contribution is 5.91. The summed E-state index contributed by atoms with van der Waals surface area (Å²) in [5, 5.41) is 6.14. The molecule has 1 fully saturated rings. The van der Waals surface area contributed by atoms with Gasteiger partial charge < -0.3 is 10.6 Å². The van der Waals surface area contributed by atoms with Gasteiger partial charge in [0.05, 0.1) is 0 Å². The third-order valence-corrected chi connectivity index (χ3v) is 3.40. The molecule has 0 aromatic heterocycles. The molecular formula is C14H20ClFN2O. The van der Waals surface area contributed by atoms with Gasteiger partial charge in [0.25, 0.3) is 0 Å². The molecule has 19 heavy (non-hydrogen) atoms. The number of amides is 1. The Balaban J connectivity index is 0.00000180. The standard InChI is InChI=1S/C14H19FN2O.ClH/c1-10-8-12(15)2-3-13(10)17-14(18)9-11-4-6-16-7-5-11;/h2-3,8,11,16H,4-7,9H2,1H3,(H,17,18);1H. The van der Waals surface area contributed by atoms with Crippen LogP contribution in [0.15, 0.2) is 18.2 Å². The first-order chi connectivity index (χ1) is 8.65. The average molecular weight is 287 g/mol. The van der Waals surface area contributed by atoms with E-state index in [0.29, 0.717) is 18.0 Å². The van der Waals surface area contributed by atoms with Crippen LogP contribution in [-0.4, -0.2) is 19.0 Å². The van der Waals surface area contributed by atoms with Gasteiger partial charge >= 0.3 is 0 Å². The summed E-state index contributed by atoms with van der Waals surface area (Å²) in [5.74, 6) is 0.215. The van der Waals surface area contributed by atoms with E-state index in [-0.39, 0.29) is 24.1 Å². The van der Waals surface area contributed by atoms with Gasteiger partial charge in [0, 0.05) is 12.1 Å². The van der Waals surface area contributed by atoms with Crippen molar-refractivity contribution in [1.29, 1.82) is 0 Å². The molecule has 0 atom stereocenters. The Morgan fingerprint density at radius 2 is 2.11 bits per heavy atom. The zero-order chi connectivity index (χ0) is 13.0. The highest BCUT2D eigenvalue weighted by Gasteiger charge is 2.17. The number of benzene rings is 1. The van der Waals surface area contributed by atoms with Crippen LogP contribution in [-0.2, 0) is 4.79 Å². The zero-order valence-corrected chi connectivity index (χ0v) is 11.9. The highest BCUT2D eigenvalue weighted by atomic mass is 35.5. The summed E-state index contributed by atoms with van der Waals surface area (Å²) < 4.78 is 12.9. The maximum Gasteiger partial charge on any atom is 0.224 e. The van der Waals surface area contributed by atoms with E-state index in [2.05, 4.69) is 10.6 Å². The minimum Gasteiger partial charge on any atom is -0.326 e. The van der Waals surface area contributed by atoms with Crippen molar-refractivity contribution in [2.75, 3.05) is 18.4 Å². The van der Waals surface area contributed by atoms with Gasteiger partial charge in [-0.05, 0) is 62.5 Å². The van der Waals surface area contributed by atoms with Gasteiger partial charge in [0.1, 0.15) is 5.82 Å². The molecule has 106 valence electrons. The van der Waals surface area contributed by atoms with Gasteiger partial charge in [-0.1, -0.05) is 0 Å². The lowest BCUT2D eigenvalue weighted by Crippen LogP contribution is -2.30. The predicted octanol–water partition coefficient (Wildman–Crippen LogP) is 2.88. The van der Waals surface area contributed by atoms with E-state index >= 15 is 0 Å². The Kier molecular flexibility index (Phi) is 6.25. The topological polar surface area (TPSA) is 41.1 Å². The monoisotopic (exact) mass is 286 g/mol. The second-order valence-corrected chi connectivity index (χ2v) is 4.90. The van der Waals surface area contributed by atoms with Crippen LogP contribution in [0.5, 0.6) is 0 Å². The lowest BCUT2D eigenvalue weighted by Gasteiger charge is -2.22. The lowest BCUT2D eigenvalue weighted by molar-refractivity contribution is -0.117. The van der Waals surface area contributed by atoms with Crippen molar-refractivity contribution < 1.29 is 9.18 Å². The fourth-order valence-corrected chi connectivity index (χ4v) is 2.32. The summed E-state index contributed by atoms with van der Waals surface area (Å²) in [6.07, 6.45) is 2.66. The molecule has 1 amide bonds. The summed E-state index contributed by atoms with van der Waals surface area (Å²) >= 11 is 0. The van der Waals surface area contributed by atoms with Crippen molar-refractivity contribution in [3.05, 3.63) is 29.6 Å². The number of hydrogen-bond donors (Lipinski definition) is 2. The molecule has 1 aromatic carbocycles. The van der Waals surface area contributed by atoms with Crippen molar-refractivity contribution >= 4 is 24.0 Å². The zero-order valence-electron chi connectivity index (χ0n) is 11.0. The molecular weight excluding hydrogens is 267 g/mol. The van der Waals surface area contributed by atoms with Gasteiger partial charge in [-0.15, -0.1) is 12.4 Å². The first-order valence-electron chi connectivity index (χ1n) is 6.42. The molecule has 0 unspecified atom stereocenters. The van der Waals surface area contributed by atoms with E-state index in [1.54, 1.807) is 13.0 Å². The van der Waals surface area contributed by atoms with E-state index < -0.39 is 0 Å². The summed E-state index contributed by atoms with van der Waals surface area (Å²) in [4.78, 5) is 11.9. The third kappa shape index (κ3) is 4.80. The van der Waals surface area contributed by atoms with Crippen molar-refractivity contribution in [2.45, 2.75) is 26.2 Å². The van der Waals surface area contributed by atoms with Gasteiger partial charge in [0.15, 0.2) is 0 Å². The molecule has 1 aliphatic heterocycles. The largest absolute Gasteiger partial charge is 0.326 e. The van der Waals surface area contributed by atoms with Crippen LogP contribution in [0.2, 0.25) is 0 Å². The first kappa shape index (κ1) is 15.9. The number of carbonyl (C=O) groups excluding carboxylic acids is 1. The maximum atomic E-state index is 12.9. The van der Waals surface area contributed by atoms with Crippen LogP contribution in [0.25, 0.3) is 0 Å². The van der Waals surface area contributed by atoms with Crippen LogP contribution in [0, 0.1) is 18.7 Å². The van der Waals surface area contributed by atoms with Gasteiger partial charge in [-0.2, -0.15) is 0 Å². The minimum absolute atomic E-state index is 0. The van der Waals surface area contributed by atoms with E-state index in [9.17, 15) is 9.18 Å². The number of carbonyl (C=O) groups is 1. The van der Waals surface area contributed by atoms with Crippen molar-refractivity contribution in [2.24, 2.45) is 5.92 Å². The maximum absolute atomic E-state index is 12.9. The van der Waals surface area contributed by atoms with Crippen LogP contribution in [0.4, 0.5) is 10.1 Å². The number of aryl methyl sites for hydroxylation is 1. The van der Waals surface area contributed by atoms with E-state index in [1.807, 2.05) is 0 Å². The molecule has 0 saturated carbocycles. The molecule has 0 spiro atoms. The highest BCUT2D eigenvalue weighted by Crippen LogP contribution is 2.19. The quantitative estimate of drug-likeness (QED) is 0.897. The fourth-order valence-electron chi connectivity index (χ4n) is 2.32. The molecule has 0 bridgehead atoms. The molecule has 1 aliphatic rings.